The first-order valence-corrected chi connectivity index (χ1v) is 9.83. The molecule has 0 aliphatic heterocycles. The maximum Gasteiger partial charge on any atom is 0.342 e. The van der Waals surface area contributed by atoms with Crippen molar-refractivity contribution in [2.75, 3.05) is 13.7 Å². The quantitative estimate of drug-likeness (QED) is 0.565. The molecule has 3 rings (SSSR count). The number of aromatic nitrogens is 1. The number of carbonyl (C=O) groups is 2. The third kappa shape index (κ3) is 4.48. The van der Waals surface area contributed by atoms with E-state index < -0.39 is 12.1 Å². The van der Waals surface area contributed by atoms with Crippen molar-refractivity contribution < 1.29 is 19.1 Å². The third-order valence-corrected chi connectivity index (χ3v) is 5.15. The summed E-state index contributed by atoms with van der Waals surface area (Å²) < 4.78 is 11.9. The van der Waals surface area contributed by atoms with Crippen LogP contribution in [-0.4, -0.2) is 41.5 Å². The topological polar surface area (TPSA) is 68.7 Å². The lowest BCUT2D eigenvalue weighted by molar-refractivity contribution is -0.139. The van der Waals surface area contributed by atoms with Crippen molar-refractivity contribution in [3.63, 3.8) is 0 Å². The third-order valence-electron chi connectivity index (χ3n) is 4.13. The summed E-state index contributed by atoms with van der Waals surface area (Å²) in [5.41, 5.74) is 1.22. The number of esters is 1. The summed E-state index contributed by atoms with van der Waals surface area (Å²) in [6, 6.07) is 14.7. The predicted molar refractivity (Wildman–Crippen MR) is 109 cm³/mol. The monoisotopic (exact) mass is 398 g/mol. The van der Waals surface area contributed by atoms with E-state index in [1.165, 1.54) is 4.90 Å². The fourth-order valence-electron chi connectivity index (χ4n) is 2.77. The van der Waals surface area contributed by atoms with Crippen LogP contribution < -0.4 is 4.74 Å². The van der Waals surface area contributed by atoms with Gasteiger partial charge in [0.05, 0.1) is 23.4 Å². The normalized spacial score (nSPS) is 11.8. The Labute approximate surface area is 167 Å². The summed E-state index contributed by atoms with van der Waals surface area (Å²) in [7, 11) is 1.67. The second-order valence-corrected chi connectivity index (χ2v) is 7.36. The van der Waals surface area contributed by atoms with Gasteiger partial charge in [-0.05, 0) is 38.1 Å². The summed E-state index contributed by atoms with van der Waals surface area (Å²) in [5, 5.41) is 0.831. The molecule has 146 valence electrons. The Balaban J connectivity index is 1.64. The molecule has 3 aromatic rings. The summed E-state index contributed by atoms with van der Waals surface area (Å²) in [4.78, 5) is 31.2. The number of fused-ring (bicyclic) bond motifs is 1. The highest BCUT2D eigenvalue weighted by Gasteiger charge is 2.24. The van der Waals surface area contributed by atoms with Gasteiger partial charge in [-0.25, -0.2) is 9.78 Å². The van der Waals surface area contributed by atoms with E-state index in [4.69, 9.17) is 9.47 Å². The highest BCUT2D eigenvalue weighted by atomic mass is 32.1. The van der Waals surface area contributed by atoms with E-state index in [1.54, 1.807) is 49.6 Å². The standard InChI is InChI=1S/C21H22N2O4S/c1-4-26-17-11-7-5-9-15(17)21(25)27-14(2)20(24)23(3)13-19-22-16-10-6-8-12-18(16)28-19/h5-12,14H,4,13H2,1-3H3. The number of hydrogen-bond donors (Lipinski definition) is 0. The van der Waals surface area contributed by atoms with E-state index in [2.05, 4.69) is 4.98 Å². The molecule has 1 unspecified atom stereocenters. The van der Waals surface area contributed by atoms with Crippen LogP contribution in [0.3, 0.4) is 0 Å². The number of nitrogens with zero attached hydrogens (tertiary/aromatic N) is 2. The number of amides is 1. The van der Waals surface area contributed by atoms with Crippen LogP contribution in [0.15, 0.2) is 48.5 Å². The molecule has 0 saturated carbocycles. The average Bonchev–Trinajstić information content (AvgIpc) is 3.10. The molecule has 0 aliphatic carbocycles. The largest absolute Gasteiger partial charge is 0.493 e. The lowest BCUT2D eigenvalue weighted by Crippen LogP contribution is -2.37. The Hall–Kier alpha value is -2.93. The molecule has 2 aromatic carbocycles. The first-order chi connectivity index (χ1) is 13.5. The van der Waals surface area contributed by atoms with Crippen molar-refractivity contribution >= 4 is 33.4 Å². The molecule has 1 amide bonds. The Kier molecular flexibility index (Phi) is 6.26. The zero-order chi connectivity index (χ0) is 20.1. The summed E-state index contributed by atoms with van der Waals surface area (Å²) >= 11 is 1.54. The summed E-state index contributed by atoms with van der Waals surface area (Å²) in [6.07, 6.45) is -0.915. The maximum absolute atomic E-state index is 12.6. The molecule has 1 atom stereocenters. The van der Waals surface area contributed by atoms with Crippen molar-refractivity contribution in [1.82, 2.24) is 9.88 Å². The lowest BCUT2D eigenvalue weighted by Gasteiger charge is -2.21. The van der Waals surface area contributed by atoms with Crippen molar-refractivity contribution in [3.05, 3.63) is 59.1 Å². The molecule has 28 heavy (non-hydrogen) atoms. The van der Waals surface area contributed by atoms with Gasteiger partial charge in [0.1, 0.15) is 16.3 Å². The van der Waals surface area contributed by atoms with E-state index in [1.807, 2.05) is 31.2 Å². The molecular formula is C21H22N2O4S. The number of para-hydroxylation sites is 2. The Morgan fingerprint density at radius 2 is 1.86 bits per heavy atom. The van der Waals surface area contributed by atoms with Crippen molar-refractivity contribution in [3.8, 4) is 5.75 Å². The Bertz CT molecular complexity index is 952. The first-order valence-electron chi connectivity index (χ1n) is 9.01. The fraction of sp³-hybridized carbons (Fsp3) is 0.286. The number of thiazole rings is 1. The van der Waals surface area contributed by atoms with E-state index >= 15 is 0 Å². The summed E-state index contributed by atoms with van der Waals surface area (Å²) in [6.45, 7) is 4.20. The molecule has 0 radical (unpaired) electrons. The van der Waals surface area contributed by atoms with Crippen LogP contribution in [0, 0.1) is 0 Å². The van der Waals surface area contributed by atoms with Gasteiger partial charge in [0.15, 0.2) is 6.10 Å². The van der Waals surface area contributed by atoms with Crippen LogP contribution in [0.4, 0.5) is 0 Å². The van der Waals surface area contributed by atoms with Gasteiger partial charge in [-0.3, -0.25) is 4.79 Å². The second-order valence-electron chi connectivity index (χ2n) is 6.25. The van der Waals surface area contributed by atoms with E-state index in [0.29, 0.717) is 24.5 Å². The van der Waals surface area contributed by atoms with E-state index in [-0.39, 0.29) is 5.91 Å². The molecular weight excluding hydrogens is 376 g/mol. The second kappa shape index (κ2) is 8.84. The number of rotatable bonds is 7. The zero-order valence-electron chi connectivity index (χ0n) is 16.0. The van der Waals surface area contributed by atoms with Crippen molar-refractivity contribution in [1.29, 1.82) is 0 Å². The maximum atomic E-state index is 12.6. The van der Waals surface area contributed by atoms with Crippen LogP contribution in [0.1, 0.15) is 29.2 Å². The smallest absolute Gasteiger partial charge is 0.342 e. The van der Waals surface area contributed by atoms with Gasteiger partial charge in [0.25, 0.3) is 5.91 Å². The molecule has 0 fully saturated rings. The lowest BCUT2D eigenvalue weighted by atomic mass is 10.2. The molecule has 0 aliphatic rings. The molecule has 1 heterocycles. The molecule has 1 aromatic heterocycles. The van der Waals surface area contributed by atoms with Crippen LogP contribution >= 0.6 is 11.3 Å². The predicted octanol–water partition coefficient (Wildman–Crippen LogP) is 3.90. The minimum Gasteiger partial charge on any atom is -0.493 e. The minimum atomic E-state index is -0.915. The number of carbonyl (C=O) groups excluding carboxylic acids is 2. The van der Waals surface area contributed by atoms with E-state index in [0.717, 1.165) is 15.2 Å². The van der Waals surface area contributed by atoms with Gasteiger partial charge >= 0.3 is 5.97 Å². The molecule has 6 nitrogen and oxygen atoms in total. The fourth-order valence-corrected chi connectivity index (χ4v) is 3.79. The number of benzene rings is 2. The van der Waals surface area contributed by atoms with Crippen LogP contribution in [0.25, 0.3) is 10.2 Å². The molecule has 0 N–H and O–H groups in total. The molecule has 0 saturated heterocycles. The molecule has 0 spiro atoms. The number of hydrogen-bond acceptors (Lipinski definition) is 6. The van der Waals surface area contributed by atoms with Gasteiger partial charge in [-0.15, -0.1) is 11.3 Å². The first kappa shape index (κ1) is 19.8. The van der Waals surface area contributed by atoms with Gasteiger partial charge in [0.2, 0.25) is 0 Å². The van der Waals surface area contributed by atoms with Gasteiger partial charge in [0, 0.05) is 7.05 Å². The number of ether oxygens (including phenoxy) is 2. The molecule has 7 heteroatoms. The highest BCUT2D eigenvalue weighted by molar-refractivity contribution is 7.18. The van der Waals surface area contributed by atoms with Crippen molar-refractivity contribution in [2.24, 2.45) is 0 Å². The zero-order valence-corrected chi connectivity index (χ0v) is 16.9. The summed E-state index contributed by atoms with van der Waals surface area (Å²) in [5.74, 6) is -0.433. The van der Waals surface area contributed by atoms with Crippen LogP contribution in [-0.2, 0) is 16.1 Å². The SMILES string of the molecule is CCOc1ccccc1C(=O)OC(C)C(=O)N(C)Cc1nc2ccccc2s1. The molecule has 0 bridgehead atoms. The van der Waals surface area contributed by atoms with Crippen LogP contribution in [0.5, 0.6) is 5.75 Å². The van der Waals surface area contributed by atoms with E-state index in [9.17, 15) is 9.59 Å². The Morgan fingerprint density at radius 1 is 1.14 bits per heavy atom. The van der Waals surface area contributed by atoms with Gasteiger partial charge in [-0.2, -0.15) is 0 Å². The van der Waals surface area contributed by atoms with Crippen LogP contribution in [0.2, 0.25) is 0 Å². The minimum absolute atomic E-state index is 0.290. The Morgan fingerprint density at radius 3 is 2.61 bits per heavy atom. The van der Waals surface area contributed by atoms with Gasteiger partial charge in [-0.1, -0.05) is 24.3 Å². The van der Waals surface area contributed by atoms with Gasteiger partial charge < -0.3 is 14.4 Å². The highest BCUT2D eigenvalue weighted by Crippen LogP contribution is 2.23. The number of likely N-dealkylation sites (N-methyl/N-ethyl adjacent to an activating group) is 1. The average molecular weight is 398 g/mol. The van der Waals surface area contributed by atoms with Crippen molar-refractivity contribution in [2.45, 2.75) is 26.5 Å².